The number of aromatic nitrogens is 1. The van der Waals surface area contributed by atoms with Gasteiger partial charge in [0.1, 0.15) is 5.82 Å². The van der Waals surface area contributed by atoms with Gasteiger partial charge in [-0.25, -0.2) is 4.39 Å². The fourth-order valence-electron chi connectivity index (χ4n) is 2.49. The van der Waals surface area contributed by atoms with Crippen molar-refractivity contribution in [2.24, 2.45) is 5.92 Å². The number of fused-ring (bicyclic) bond motifs is 1. The molecule has 92 valence electrons. The number of rotatable bonds is 3. The summed E-state index contributed by atoms with van der Waals surface area (Å²) in [6.07, 6.45) is 0.974. The summed E-state index contributed by atoms with van der Waals surface area (Å²) in [6.45, 7) is 8.70. The van der Waals surface area contributed by atoms with E-state index in [4.69, 9.17) is 0 Å². The lowest BCUT2D eigenvalue weighted by Gasteiger charge is -2.10. The van der Waals surface area contributed by atoms with Gasteiger partial charge in [-0.2, -0.15) is 0 Å². The topological polar surface area (TPSA) is 15.8 Å². The lowest BCUT2D eigenvalue weighted by atomic mass is 9.95. The van der Waals surface area contributed by atoms with Crippen molar-refractivity contribution in [3.05, 3.63) is 35.3 Å². The maximum absolute atomic E-state index is 13.7. The Kier molecular flexibility index (Phi) is 3.23. The van der Waals surface area contributed by atoms with Crippen LogP contribution in [-0.4, -0.2) is 4.98 Å². The van der Waals surface area contributed by atoms with Crippen LogP contribution >= 0.6 is 0 Å². The molecule has 0 amide bonds. The molecule has 0 bridgehead atoms. The average Bonchev–Trinajstić information content (AvgIpc) is 2.56. The fraction of sp³-hybridized carbons (Fsp3) is 0.467. The van der Waals surface area contributed by atoms with Gasteiger partial charge in [0.05, 0.1) is 5.52 Å². The molecule has 1 heterocycles. The second-order valence-corrected chi connectivity index (χ2v) is 5.43. The van der Waals surface area contributed by atoms with Crippen LogP contribution in [0.15, 0.2) is 18.2 Å². The number of nitrogens with one attached hydrogen (secondary N) is 1. The predicted octanol–water partition coefficient (Wildman–Crippen LogP) is 4.63. The van der Waals surface area contributed by atoms with Crippen LogP contribution in [0, 0.1) is 11.7 Å². The highest BCUT2D eigenvalue weighted by Crippen LogP contribution is 2.31. The number of hydrogen-bond donors (Lipinski definition) is 1. The van der Waals surface area contributed by atoms with E-state index < -0.39 is 0 Å². The third kappa shape index (κ3) is 2.21. The Bertz CT molecular complexity index is 523. The zero-order chi connectivity index (χ0) is 12.6. The van der Waals surface area contributed by atoms with Crippen LogP contribution in [0.4, 0.5) is 4.39 Å². The first-order valence-electron chi connectivity index (χ1n) is 6.29. The molecule has 0 unspecified atom stereocenters. The van der Waals surface area contributed by atoms with E-state index in [2.05, 4.69) is 32.7 Å². The molecule has 2 heteroatoms. The fourth-order valence-corrected chi connectivity index (χ4v) is 2.49. The third-order valence-corrected chi connectivity index (χ3v) is 3.09. The second-order valence-electron chi connectivity index (χ2n) is 5.43. The minimum Gasteiger partial charge on any atom is -0.356 e. The first-order valence-corrected chi connectivity index (χ1v) is 6.29. The molecule has 1 N–H and O–H groups in total. The lowest BCUT2D eigenvalue weighted by molar-refractivity contribution is 0.624. The van der Waals surface area contributed by atoms with Crippen LogP contribution in [0.25, 0.3) is 10.9 Å². The summed E-state index contributed by atoms with van der Waals surface area (Å²) in [5, 5.41) is 1.04. The average molecular weight is 233 g/mol. The van der Waals surface area contributed by atoms with E-state index >= 15 is 0 Å². The van der Waals surface area contributed by atoms with Crippen molar-refractivity contribution in [1.29, 1.82) is 0 Å². The SMILES string of the molecule is CC(C)Cc1[nH]c2c(F)cccc2c1C(C)C. The first kappa shape index (κ1) is 12.2. The lowest BCUT2D eigenvalue weighted by Crippen LogP contribution is -1.99. The largest absolute Gasteiger partial charge is 0.356 e. The smallest absolute Gasteiger partial charge is 0.147 e. The summed E-state index contributed by atoms with van der Waals surface area (Å²) in [5.41, 5.74) is 3.12. The highest BCUT2D eigenvalue weighted by Gasteiger charge is 2.16. The number of aromatic amines is 1. The van der Waals surface area contributed by atoms with E-state index in [1.54, 1.807) is 6.07 Å². The quantitative estimate of drug-likeness (QED) is 0.795. The molecule has 0 atom stereocenters. The molecule has 0 aliphatic heterocycles. The number of para-hydroxylation sites is 1. The van der Waals surface area contributed by atoms with Gasteiger partial charge < -0.3 is 4.98 Å². The summed E-state index contributed by atoms with van der Waals surface area (Å²) in [4.78, 5) is 3.27. The van der Waals surface area contributed by atoms with E-state index in [0.29, 0.717) is 17.4 Å². The van der Waals surface area contributed by atoms with Crippen molar-refractivity contribution < 1.29 is 4.39 Å². The number of H-pyrrole nitrogens is 1. The van der Waals surface area contributed by atoms with Crippen LogP contribution in [0.1, 0.15) is 44.9 Å². The molecule has 1 aromatic heterocycles. The highest BCUT2D eigenvalue weighted by molar-refractivity contribution is 5.85. The van der Waals surface area contributed by atoms with Crippen molar-refractivity contribution in [1.82, 2.24) is 4.98 Å². The Labute approximate surface area is 102 Å². The summed E-state index contributed by atoms with van der Waals surface area (Å²) in [5.74, 6) is 0.835. The van der Waals surface area contributed by atoms with E-state index in [9.17, 15) is 4.39 Å². The summed E-state index contributed by atoms with van der Waals surface area (Å²) < 4.78 is 13.7. The normalized spacial score (nSPS) is 11.9. The Morgan fingerprint density at radius 3 is 2.47 bits per heavy atom. The van der Waals surface area contributed by atoms with Gasteiger partial charge in [0.25, 0.3) is 0 Å². The molecular formula is C15H20FN. The molecule has 1 aromatic carbocycles. The van der Waals surface area contributed by atoms with E-state index in [1.165, 1.54) is 17.3 Å². The van der Waals surface area contributed by atoms with Gasteiger partial charge in [-0.1, -0.05) is 39.8 Å². The molecule has 0 fully saturated rings. The molecule has 0 aliphatic rings. The van der Waals surface area contributed by atoms with Gasteiger partial charge >= 0.3 is 0 Å². The molecular weight excluding hydrogens is 213 g/mol. The first-order chi connectivity index (χ1) is 8.00. The van der Waals surface area contributed by atoms with Crippen molar-refractivity contribution in [2.75, 3.05) is 0 Å². The van der Waals surface area contributed by atoms with Gasteiger partial charge in [-0.05, 0) is 29.9 Å². The number of hydrogen-bond acceptors (Lipinski definition) is 0. The maximum Gasteiger partial charge on any atom is 0.147 e. The van der Waals surface area contributed by atoms with Crippen molar-refractivity contribution in [3.63, 3.8) is 0 Å². The van der Waals surface area contributed by atoms with Gasteiger partial charge in [-0.3, -0.25) is 0 Å². The Balaban J connectivity index is 2.66. The molecule has 17 heavy (non-hydrogen) atoms. The van der Waals surface area contributed by atoms with E-state index in [-0.39, 0.29) is 5.82 Å². The molecule has 0 saturated heterocycles. The minimum atomic E-state index is -0.153. The Morgan fingerprint density at radius 1 is 1.18 bits per heavy atom. The summed E-state index contributed by atoms with van der Waals surface area (Å²) in [7, 11) is 0. The Morgan fingerprint density at radius 2 is 1.88 bits per heavy atom. The summed E-state index contributed by atoms with van der Waals surface area (Å²) in [6, 6.07) is 5.31. The zero-order valence-corrected chi connectivity index (χ0v) is 11.0. The second kappa shape index (κ2) is 4.52. The predicted molar refractivity (Wildman–Crippen MR) is 70.9 cm³/mol. The molecule has 0 aliphatic carbocycles. The molecule has 0 radical (unpaired) electrons. The Hall–Kier alpha value is -1.31. The molecule has 2 aromatic rings. The minimum absolute atomic E-state index is 0.153. The van der Waals surface area contributed by atoms with Crippen molar-refractivity contribution in [3.8, 4) is 0 Å². The van der Waals surface area contributed by atoms with E-state index in [1.807, 2.05) is 6.07 Å². The number of halogens is 1. The van der Waals surface area contributed by atoms with E-state index in [0.717, 1.165) is 11.8 Å². The molecule has 0 saturated carbocycles. The van der Waals surface area contributed by atoms with Gasteiger partial charge in [-0.15, -0.1) is 0 Å². The highest BCUT2D eigenvalue weighted by atomic mass is 19.1. The standard InChI is InChI=1S/C15H20FN/c1-9(2)8-13-14(10(3)4)11-6-5-7-12(16)15(11)17-13/h5-7,9-10,17H,8H2,1-4H3. The maximum atomic E-state index is 13.7. The van der Waals surface area contributed by atoms with Gasteiger partial charge in [0.15, 0.2) is 0 Å². The van der Waals surface area contributed by atoms with Crippen LogP contribution in [0.2, 0.25) is 0 Å². The van der Waals surface area contributed by atoms with Crippen LogP contribution in [0.5, 0.6) is 0 Å². The van der Waals surface area contributed by atoms with Gasteiger partial charge in [0, 0.05) is 11.1 Å². The monoisotopic (exact) mass is 233 g/mol. The van der Waals surface area contributed by atoms with Crippen molar-refractivity contribution in [2.45, 2.75) is 40.0 Å². The molecule has 0 spiro atoms. The van der Waals surface area contributed by atoms with Crippen LogP contribution < -0.4 is 0 Å². The van der Waals surface area contributed by atoms with Gasteiger partial charge in [0.2, 0.25) is 0 Å². The third-order valence-electron chi connectivity index (χ3n) is 3.09. The molecule has 2 rings (SSSR count). The van der Waals surface area contributed by atoms with Crippen molar-refractivity contribution >= 4 is 10.9 Å². The molecule has 1 nitrogen and oxygen atoms in total. The summed E-state index contributed by atoms with van der Waals surface area (Å²) >= 11 is 0. The van der Waals surface area contributed by atoms with Crippen LogP contribution in [-0.2, 0) is 6.42 Å². The zero-order valence-electron chi connectivity index (χ0n) is 11.0. The van der Waals surface area contributed by atoms with Crippen LogP contribution in [0.3, 0.4) is 0 Å². The number of benzene rings is 1.